The first-order valence-corrected chi connectivity index (χ1v) is 11.2. The van der Waals surface area contributed by atoms with Crippen LogP contribution in [0.25, 0.3) is 10.9 Å². The number of aromatic carboxylic acids is 1. The zero-order valence-electron chi connectivity index (χ0n) is 17.0. The number of aromatic amines is 1. The summed E-state index contributed by atoms with van der Waals surface area (Å²) in [6, 6.07) is 14.4. The number of halogens is 3. The molecule has 5 rings (SSSR count). The average Bonchev–Trinajstić information content (AvgIpc) is 3.38. The minimum Gasteiger partial charge on any atom is -0.477 e. The molecule has 0 saturated heterocycles. The van der Waals surface area contributed by atoms with Crippen molar-refractivity contribution in [2.75, 3.05) is 12.1 Å². The summed E-state index contributed by atoms with van der Waals surface area (Å²) in [5.41, 5.74) is 3.77. The van der Waals surface area contributed by atoms with Gasteiger partial charge >= 0.3 is 5.97 Å². The molecule has 4 aromatic rings. The Morgan fingerprint density at radius 1 is 0.970 bits per heavy atom. The molecule has 3 aromatic carbocycles. The number of carboxylic acids is 1. The fraction of sp³-hybridized carbons (Fsp3) is 0.125. The van der Waals surface area contributed by atoms with E-state index in [9.17, 15) is 9.90 Å². The van der Waals surface area contributed by atoms with Crippen molar-refractivity contribution in [1.82, 2.24) is 4.98 Å². The van der Waals surface area contributed by atoms with Gasteiger partial charge in [-0.3, -0.25) is 0 Å². The zero-order valence-corrected chi connectivity index (χ0v) is 19.3. The maximum atomic E-state index is 12.0. The van der Waals surface area contributed by atoms with E-state index in [1.165, 1.54) is 0 Å². The smallest absolute Gasteiger partial charge is 0.352 e. The van der Waals surface area contributed by atoms with Gasteiger partial charge in [-0.15, -0.1) is 0 Å². The van der Waals surface area contributed by atoms with E-state index in [0.29, 0.717) is 50.6 Å². The van der Waals surface area contributed by atoms with Crippen molar-refractivity contribution in [3.05, 3.63) is 86.0 Å². The lowest BCUT2D eigenvalue weighted by atomic mass is 10.0. The van der Waals surface area contributed by atoms with E-state index in [1.54, 1.807) is 30.3 Å². The molecule has 0 atom stereocenters. The molecule has 1 aliphatic heterocycles. The number of carbonyl (C=O) groups is 1. The quantitative estimate of drug-likeness (QED) is 0.271. The largest absolute Gasteiger partial charge is 0.477 e. The van der Waals surface area contributed by atoms with Crippen LogP contribution in [0, 0.1) is 0 Å². The van der Waals surface area contributed by atoms with Gasteiger partial charge in [0.15, 0.2) is 11.5 Å². The highest BCUT2D eigenvalue weighted by molar-refractivity contribution is 6.36. The summed E-state index contributed by atoms with van der Waals surface area (Å²) >= 11 is 19.0. The molecule has 0 aliphatic carbocycles. The van der Waals surface area contributed by atoms with Gasteiger partial charge < -0.3 is 24.9 Å². The van der Waals surface area contributed by atoms with Crippen molar-refractivity contribution in [1.29, 1.82) is 0 Å². The molecule has 2 heterocycles. The van der Waals surface area contributed by atoms with Crippen molar-refractivity contribution >= 4 is 57.4 Å². The third-order valence-corrected chi connectivity index (χ3v) is 6.62. The number of rotatable bonds is 6. The minimum atomic E-state index is -1.05. The molecule has 1 aliphatic rings. The molecule has 0 radical (unpaired) electrons. The van der Waals surface area contributed by atoms with E-state index in [4.69, 9.17) is 44.3 Å². The molecule has 9 heteroatoms. The standard InChI is InChI=1S/C24H17Cl3N2O4/c25-17-2-1-3-18(26)16(17)10-28-13-4-5-20-14(8-13)15(23(29-20)24(30)31)6-12-7-21-22(9-19(12)27)33-11-32-21/h1-5,7-9,28-29H,6,10-11H2,(H,30,31). The molecular formula is C24H17Cl3N2O4. The van der Waals surface area contributed by atoms with Gasteiger partial charge in [-0.05, 0) is 47.5 Å². The fourth-order valence-electron chi connectivity index (χ4n) is 3.90. The van der Waals surface area contributed by atoms with Crippen LogP contribution in [0.1, 0.15) is 27.2 Å². The number of anilines is 1. The van der Waals surface area contributed by atoms with Crippen LogP contribution in [0.2, 0.25) is 15.1 Å². The lowest BCUT2D eigenvalue weighted by Gasteiger charge is -2.11. The van der Waals surface area contributed by atoms with Crippen LogP contribution in [0.5, 0.6) is 11.5 Å². The monoisotopic (exact) mass is 502 g/mol. The summed E-state index contributed by atoms with van der Waals surface area (Å²) < 4.78 is 10.8. The topological polar surface area (TPSA) is 83.6 Å². The molecule has 1 aromatic heterocycles. The molecule has 0 spiro atoms. The molecule has 168 valence electrons. The highest BCUT2D eigenvalue weighted by atomic mass is 35.5. The molecule has 0 saturated carbocycles. The molecule has 0 amide bonds. The van der Waals surface area contributed by atoms with Crippen molar-refractivity contribution in [2.45, 2.75) is 13.0 Å². The van der Waals surface area contributed by atoms with E-state index in [2.05, 4.69) is 10.3 Å². The summed E-state index contributed by atoms with van der Waals surface area (Å²) in [5.74, 6) is 0.117. The predicted octanol–water partition coefficient (Wildman–Crippen LogP) is 6.76. The second-order valence-corrected chi connectivity index (χ2v) is 8.79. The van der Waals surface area contributed by atoms with Gasteiger partial charge in [-0.1, -0.05) is 40.9 Å². The summed E-state index contributed by atoms with van der Waals surface area (Å²) in [7, 11) is 0. The van der Waals surface area contributed by atoms with E-state index in [-0.39, 0.29) is 12.5 Å². The Morgan fingerprint density at radius 3 is 2.42 bits per heavy atom. The minimum absolute atomic E-state index is 0.116. The number of hydrogen-bond acceptors (Lipinski definition) is 4. The van der Waals surface area contributed by atoms with E-state index in [1.807, 2.05) is 18.2 Å². The van der Waals surface area contributed by atoms with Crippen molar-refractivity contribution in [2.24, 2.45) is 0 Å². The van der Waals surface area contributed by atoms with Crippen LogP contribution in [-0.2, 0) is 13.0 Å². The highest BCUT2D eigenvalue weighted by Gasteiger charge is 2.22. The summed E-state index contributed by atoms with van der Waals surface area (Å²) in [5, 5.41) is 15.5. The normalized spacial score (nSPS) is 12.3. The Labute approximate surface area is 204 Å². The maximum absolute atomic E-state index is 12.0. The Kier molecular flexibility index (Phi) is 5.74. The molecule has 3 N–H and O–H groups in total. The molecular weight excluding hydrogens is 487 g/mol. The molecule has 0 unspecified atom stereocenters. The van der Waals surface area contributed by atoms with Gasteiger partial charge in [0.2, 0.25) is 6.79 Å². The zero-order chi connectivity index (χ0) is 23.1. The Morgan fingerprint density at radius 2 is 1.70 bits per heavy atom. The molecule has 33 heavy (non-hydrogen) atoms. The van der Waals surface area contributed by atoms with Gasteiger partial charge in [0, 0.05) is 56.3 Å². The third-order valence-electron chi connectivity index (χ3n) is 5.56. The van der Waals surface area contributed by atoms with E-state index in [0.717, 1.165) is 22.2 Å². The van der Waals surface area contributed by atoms with Gasteiger partial charge in [-0.2, -0.15) is 0 Å². The lowest BCUT2D eigenvalue weighted by Crippen LogP contribution is -2.03. The predicted molar refractivity (Wildman–Crippen MR) is 129 cm³/mol. The maximum Gasteiger partial charge on any atom is 0.352 e. The van der Waals surface area contributed by atoms with Crippen LogP contribution in [0.3, 0.4) is 0 Å². The number of nitrogens with one attached hydrogen (secondary N) is 2. The number of H-pyrrole nitrogens is 1. The fourth-order valence-corrected chi connectivity index (χ4v) is 4.65. The van der Waals surface area contributed by atoms with Gasteiger partial charge in [0.1, 0.15) is 5.69 Å². The van der Waals surface area contributed by atoms with Crippen molar-refractivity contribution < 1.29 is 19.4 Å². The van der Waals surface area contributed by atoms with Crippen molar-refractivity contribution in [3.8, 4) is 11.5 Å². The summed E-state index contributed by atoms with van der Waals surface area (Å²) in [4.78, 5) is 15.0. The summed E-state index contributed by atoms with van der Waals surface area (Å²) in [6.07, 6.45) is 0.302. The van der Waals surface area contributed by atoms with E-state index >= 15 is 0 Å². The number of fused-ring (bicyclic) bond motifs is 2. The number of benzene rings is 3. The van der Waals surface area contributed by atoms with Crippen LogP contribution in [0.4, 0.5) is 5.69 Å². The van der Waals surface area contributed by atoms with E-state index < -0.39 is 5.97 Å². The first-order chi connectivity index (χ1) is 15.9. The number of hydrogen-bond donors (Lipinski definition) is 3. The lowest BCUT2D eigenvalue weighted by molar-refractivity contribution is 0.0690. The Balaban J connectivity index is 1.51. The van der Waals surface area contributed by atoms with Gasteiger partial charge in [0.05, 0.1) is 0 Å². The average molecular weight is 504 g/mol. The Bertz CT molecular complexity index is 1380. The third kappa shape index (κ3) is 4.17. The summed E-state index contributed by atoms with van der Waals surface area (Å²) in [6.45, 7) is 0.552. The van der Waals surface area contributed by atoms with Crippen LogP contribution >= 0.6 is 34.8 Å². The second kappa shape index (κ2) is 8.71. The van der Waals surface area contributed by atoms with Gasteiger partial charge in [-0.25, -0.2) is 4.79 Å². The molecule has 0 bridgehead atoms. The SMILES string of the molecule is O=C(O)c1[nH]c2ccc(NCc3c(Cl)cccc3Cl)cc2c1Cc1cc2c(cc1Cl)OCO2. The van der Waals surface area contributed by atoms with Crippen molar-refractivity contribution in [3.63, 3.8) is 0 Å². The first-order valence-electron chi connectivity index (χ1n) is 10.0. The van der Waals surface area contributed by atoms with Crippen LogP contribution < -0.4 is 14.8 Å². The molecule has 6 nitrogen and oxygen atoms in total. The first kappa shape index (κ1) is 21.8. The van der Waals surface area contributed by atoms with Crippen LogP contribution in [-0.4, -0.2) is 22.9 Å². The number of aromatic nitrogens is 1. The number of ether oxygens (including phenoxy) is 2. The highest BCUT2D eigenvalue weighted by Crippen LogP contribution is 2.39. The van der Waals surface area contributed by atoms with Gasteiger partial charge in [0.25, 0.3) is 0 Å². The van der Waals surface area contributed by atoms with Crippen LogP contribution in [0.15, 0.2) is 48.5 Å². The molecule has 0 fully saturated rings. The Hall–Kier alpha value is -3.06. The second-order valence-electron chi connectivity index (χ2n) is 7.57. The number of carboxylic acid groups (broad SMARTS) is 1.